The molecule has 0 bridgehead atoms. The van der Waals surface area contributed by atoms with Crippen LogP contribution in [0.25, 0.3) is 0 Å². The molecule has 1 amide bonds. The van der Waals surface area contributed by atoms with Gasteiger partial charge in [-0.25, -0.2) is 4.39 Å². The van der Waals surface area contributed by atoms with E-state index in [0.717, 1.165) is 0 Å². The maximum Gasteiger partial charge on any atom is 0.253 e. The molecular weight excluding hydrogens is 273 g/mol. The molecule has 7 heteroatoms. The lowest BCUT2D eigenvalue weighted by molar-refractivity contribution is -0.120. The second-order valence-corrected chi connectivity index (χ2v) is 4.43. The zero-order valence-electron chi connectivity index (χ0n) is 10.2. The van der Waals surface area contributed by atoms with E-state index in [1.165, 1.54) is 12.1 Å². The van der Waals surface area contributed by atoms with E-state index in [-0.39, 0.29) is 10.9 Å². The van der Waals surface area contributed by atoms with Crippen LogP contribution >= 0.6 is 11.6 Å². The van der Waals surface area contributed by atoms with Crippen LogP contribution in [0, 0.1) is 5.82 Å². The number of nitrogens with zero attached hydrogens (tertiary/aromatic N) is 1. The summed E-state index contributed by atoms with van der Waals surface area (Å²) in [7, 11) is 1.57. The van der Waals surface area contributed by atoms with Crippen molar-refractivity contribution in [1.82, 2.24) is 10.6 Å². The number of benzene rings is 1. The highest BCUT2D eigenvalue weighted by Gasteiger charge is 2.30. The van der Waals surface area contributed by atoms with Gasteiger partial charge in [0, 0.05) is 12.1 Å². The van der Waals surface area contributed by atoms with Crippen LogP contribution in [-0.4, -0.2) is 32.1 Å². The van der Waals surface area contributed by atoms with Crippen molar-refractivity contribution < 1.29 is 13.9 Å². The minimum absolute atomic E-state index is 0.245. The summed E-state index contributed by atoms with van der Waals surface area (Å²) < 4.78 is 18.1. The van der Waals surface area contributed by atoms with Gasteiger partial charge in [-0.1, -0.05) is 11.6 Å². The molecule has 1 aromatic rings. The first kappa shape index (κ1) is 13.8. The van der Waals surface area contributed by atoms with Crippen LogP contribution in [0.5, 0.6) is 0 Å². The van der Waals surface area contributed by atoms with E-state index in [1.807, 2.05) is 0 Å². The second kappa shape index (κ2) is 5.99. The van der Waals surface area contributed by atoms with E-state index < -0.39 is 11.9 Å². The molecule has 1 aliphatic rings. The smallest absolute Gasteiger partial charge is 0.253 e. The molecule has 0 saturated carbocycles. The summed E-state index contributed by atoms with van der Waals surface area (Å²) in [6.07, 6.45) is 0. The van der Waals surface area contributed by atoms with Gasteiger partial charge < -0.3 is 10.1 Å². The summed E-state index contributed by atoms with van der Waals surface area (Å²) in [5.41, 5.74) is 0.458. The number of hydrogen-bond acceptors (Lipinski definition) is 3. The number of carbonyl (C=O) groups excluding carboxylic acids is 1. The summed E-state index contributed by atoms with van der Waals surface area (Å²) >= 11 is 5.77. The number of aliphatic imine (C=N–C) groups is 1. The summed E-state index contributed by atoms with van der Waals surface area (Å²) in [6.45, 7) is 0.882. The van der Waals surface area contributed by atoms with Gasteiger partial charge in [-0.15, -0.1) is 0 Å². The average Bonchev–Trinajstić information content (AvgIpc) is 2.70. The first-order valence-corrected chi connectivity index (χ1v) is 6.04. The maximum atomic E-state index is 13.3. The fourth-order valence-corrected chi connectivity index (χ4v) is 1.97. The molecule has 1 fully saturated rings. The third-order valence-electron chi connectivity index (χ3n) is 2.57. The number of amides is 1. The molecule has 19 heavy (non-hydrogen) atoms. The molecular formula is C12H13ClFN3O2. The van der Waals surface area contributed by atoms with Crippen LogP contribution in [0.2, 0.25) is 5.02 Å². The zero-order valence-corrected chi connectivity index (χ0v) is 11.0. The predicted molar refractivity (Wildman–Crippen MR) is 69.6 cm³/mol. The summed E-state index contributed by atoms with van der Waals surface area (Å²) in [5, 5.41) is 5.70. The van der Waals surface area contributed by atoms with Crippen LogP contribution in [0.3, 0.4) is 0 Å². The fraction of sp³-hybridized carbons (Fsp3) is 0.333. The van der Waals surface area contributed by atoms with Crippen LogP contribution in [0.15, 0.2) is 23.2 Å². The van der Waals surface area contributed by atoms with Crippen LogP contribution < -0.4 is 10.6 Å². The van der Waals surface area contributed by atoms with Gasteiger partial charge in [0.05, 0.1) is 13.2 Å². The van der Waals surface area contributed by atoms with Crippen molar-refractivity contribution in [2.24, 2.45) is 4.99 Å². The van der Waals surface area contributed by atoms with Crippen molar-refractivity contribution >= 4 is 23.5 Å². The number of ether oxygens (including phenoxy) is 1. The van der Waals surface area contributed by atoms with Crippen molar-refractivity contribution in [1.29, 1.82) is 0 Å². The van der Waals surface area contributed by atoms with Crippen molar-refractivity contribution in [3.8, 4) is 0 Å². The summed E-state index contributed by atoms with van der Waals surface area (Å²) in [5.74, 6) is -0.424. The van der Waals surface area contributed by atoms with E-state index in [9.17, 15) is 9.18 Å². The van der Waals surface area contributed by atoms with E-state index in [4.69, 9.17) is 16.3 Å². The molecule has 1 atom stereocenters. The van der Waals surface area contributed by atoms with Crippen LogP contribution in [0.1, 0.15) is 11.6 Å². The Hall–Kier alpha value is -1.66. The Bertz CT molecular complexity index is 501. The molecule has 0 aliphatic carbocycles. The molecule has 2 N–H and O–H groups in total. The Morgan fingerprint density at radius 2 is 2.26 bits per heavy atom. The van der Waals surface area contributed by atoms with Crippen molar-refractivity contribution in [3.05, 3.63) is 34.6 Å². The standard InChI is InChI=1S/C12H13ClFN3O2/c1-19-3-2-15-12-16-10(11(18)17-12)7-4-8(13)6-9(14)5-7/h4-6,10H,2-3H2,1H3,(H2,15,16,17,18). The lowest BCUT2D eigenvalue weighted by Gasteiger charge is -2.08. The number of hydrogen-bond donors (Lipinski definition) is 2. The van der Waals surface area contributed by atoms with Gasteiger partial charge in [-0.05, 0) is 23.8 Å². The van der Waals surface area contributed by atoms with Crippen molar-refractivity contribution in [2.45, 2.75) is 6.04 Å². The van der Waals surface area contributed by atoms with Crippen LogP contribution in [0.4, 0.5) is 4.39 Å². The molecule has 2 rings (SSSR count). The monoisotopic (exact) mass is 285 g/mol. The topological polar surface area (TPSA) is 62.7 Å². The molecule has 1 heterocycles. The lowest BCUT2D eigenvalue weighted by Crippen LogP contribution is -2.26. The highest BCUT2D eigenvalue weighted by atomic mass is 35.5. The van der Waals surface area contributed by atoms with E-state index >= 15 is 0 Å². The first-order chi connectivity index (χ1) is 9.10. The third kappa shape index (κ3) is 3.42. The normalized spacial score (nSPS) is 20.5. The number of carbonyl (C=O) groups is 1. The number of nitrogens with one attached hydrogen (secondary N) is 2. The van der Waals surface area contributed by atoms with Crippen molar-refractivity contribution in [2.75, 3.05) is 20.3 Å². The highest BCUT2D eigenvalue weighted by molar-refractivity contribution is 6.30. The van der Waals surface area contributed by atoms with Gasteiger partial charge >= 0.3 is 0 Å². The Kier molecular flexibility index (Phi) is 4.34. The predicted octanol–water partition coefficient (Wildman–Crippen LogP) is 1.24. The SMILES string of the molecule is COCCN=C1NC(=O)C(c2cc(F)cc(Cl)c2)N1. The quantitative estimate of drug-likeness (QED) is 0.818. The first-order valence-electron chi connectivity index (χ1n) is 5.67. The van der Waals surface area contributed by atoms with Gasteiger partial charge in [-0.2, -0.15) is 0 Å². The van der Waals surface area contributed by atoms with E-state index in [1.54, 1.807) is 13.2 Å². The van der Waals surface area contributed by atoms with E-state index in [0.29, 0.717) is 24.7 Å². The summed E-state index contributed by atoms with van der Waals surface area (Å²) in [6, 6.07) is 3.31. The van der Waals surface area contributed by atoms with Gasteiger partial charge in [0.15, 0.2) is 5.96 Å². The molecule has 1 unspecified atom stereocenters. The minimum Gasteiger partial charge on any atom is -0.383 e. The third-order valence-corrected chi connectivity index (χ3v) is 2.79. The van der Waals surface area contributed by atoms with Gasteiger partial charge in [-0.3, -0.25) is 15.1 Å². The fourth-order valence-electron chi connectivity index (χ4n) is 1.74. The Morgan fingerprint density at radius 3 is 2.95 bits per heavy atom. The molecule has 1 aromatic carbocycles. The average molecular weight is 286 g/mol. The molecule has 1 aliphatic heterocycles. The van der Waals surface area contributed by atoms with Gasteiger partial charge in [0.25, 0.3) is 5.91 Å². The lowest BCUT2D eigenvalue weighted by atomic mass is 10.1. The summed E-state index contributed by atoms with van der Waals surface area (Å²) in [4.78, 5) is 15.9. The maximum absolute atomic E-state index is 13.3. The largest absolute Gasteiger partial charge is 0.383 e. The van der Waals surface area contributed by atoms with Crippen LogP contribution in [-0.2, 0) is 9.53 Å². The second-order valence-electron chi connectivity index (χ2n) is 3.99. The minimum atomic E-state index is -0.686. The van der Waals surface area contributed by atoms with Gasteiger partial charge in [0.1, 0.15) is 11.9 Å². The molecule has 0 radical (unpaired) electrons. The Morgan fingerprint density at radius 1 is 1.47 bits per heavy atom. The number of rotatable bonds is 4. The Balaban J connectivity index is 2.13. The molecule has 102 valence electrons. The highest BCUT2D eigenvalue weighted by Crippen LogP contribution is 2.22. The zero-order chi connectivity index (χ0) is 13.8. The molecule has 0 aromatic heterocycles. The van der Waals surface area contributed by atoms with Crippen molar-refractivity contribution in [3.63, 3.8) is 0 Å². The van der Waals surface area contributed by atoms with Gasteiger partial charge in [0.2, 0.25) is 0 Å². The number of halogens is 2. The van der Waals surface area contributed by atoms with E-state index in [2.05, 4.69) is 15.6 Å². The number of guanidine groups is 1. The molecule has 0 spiro atoms. The number of methoxy groups -OCH3 is 1. The molecule has 1 saturated heterocycles. The Labute approximate surface area is 114 Å². The molecule has 5 nitrogen and oxygen atoms in total.